The highest BCUT2D eigenvalue weighted by Gasteiger charge is 2.19. The molecule has 0 radical (unpaired) electrons. The lowest BCUT2D eigenvalue weighted by Gasteiger charge is -2.22. The summed E-state index contributed by atoms with van der Waals surface area (Å²) >= 11 is 3.48. The minimum Gasteiger partial charge on any atom is -0.347 e. The number of benzene rings is 1. The summed E-state index contributed by atoms with van der Waals surface area (Å²) < 4.78 is 0.743. The molecule has 1 heterocycles. The third kappa shape index (κ3) is 4.92. The van der Waals surface area contributed by atoms with Gasteiger partial charge in [-0.15, -0.1) is 0 Å². The van der Waals surface area contributed by atoms with E-state index in [2.05, 4.69) is 83.2 Å². The van der Waals surface area contributed by atoms with E-state index in [9.17, 15) is 4.79 Å². The van der Waals surface area contributed by atoms with Gasteiger partial charge in [0.1, 0.15) is 0 Å². The van der Waals surface area contributed by atoms with Crippen LogP contribution in [0.15, 0.2) is 28.7 Å². The summed E-state index contributed by atoms with van der Waals surface area (Å²) in [6, 6.07) is 8.68. The number of carbonyl (C=O) groups excluding carboxylic acids is 1. The first-order valence-corrected chi connectivity index (χ1v) is 9.39. The van der Waals surface area contributed by atoms with Crippen LogP contribution in [0.2, 0.25) is 0 Å². The molecular formula is C19H27BrN4O. The summed E-state index contributed by atoms with van der Waals surface area (Å²) in [4.78, 5) is 14.8. The number of aromatic amines is 1. The van der Waals surface area contributed by atoms with Crippen LogP contribution < -0.4 is 5.32 Å². The van der Waals surface area contributed by atoms with Crippen LogP contribution in [0.5, 0.6) is 0 Å². The Morgan fingerprint density at radius 1 is 1.24 bits per heavy atom. The number of hydrogen-bond acceptors (Lipinski definition) is 3. The molecular weight excluding hydrogens is 380 g/mol. The van der Waals surface area contributed by atoms with Gasteiger partial charge in [-0.3, -0.25) is 14.8 Å². The van der Waals surface area contributed by atoms with Gasteiger partial charge in [-0.25, -0.2) is 0 Å². The van der Waals surface area contributed by atoms with Crippen LogP contribution >= 0.6 is 15.9 Å². The molecule has 136 valence electrons. The first-order chi connectivity index (χ1) is 11.8. The van der Waals surface area contributed by atoms with E-state index in [1.165, 1.54) is 5.56 Å². The molecule has 0 spiro atoms. The average Bonchev–Trinajstić information content (AvgIpc) is 2.95. The van der Waals surface area contributed by atoms with Gasteiger partial charge in [-0.05, 0) is 53.9 Å². The molecule has 0 aliphatic carbocycles. The number of hydrogen-bond donors (Lipinski definition) is 2. The lowest BCUT2D eigenvalue weighted by atomic mass is 10.1. The Bertz CT molecular complexity index is 724. The van der Waals surface area contributed by atoms with E-state index in [0.29, 0.717) is 18.3 Å². The summed E-state index contributed by atoms with van der Waals surface area (Å²) in [6.45, 7) is 9.80. The third-order valence-corrected chi connectivity index (χ3v) is 5.19. The molecule has 5 nitrogen and oxygen atoms in total. The maximum Gasteiger partial charge on any atom is 0.273 e. The highest BCUT2D eigenvalue weighted by molar-refractivity contribution is 9.10. The fourth-order valence-corrected chi connectivity index (χ4v) is 3.28. The molecule has 2 N–H and O–H groups in total. The third-order valence-electron chi connectivity index (χ3n) is 4.38. The molecule has 0 unspecified atom stereocenters. The molecule has 0 saturated heterocycles. The molecule has 0 fully saturated rings. The zero-order chi connectivity index (χ0) is 18.6. The lowest BCUT2D eigenvalue weighted by Crippen LogP contribution is -2.28. The van der Waals surface area contributed by atoms with Crippen molar-refractivity contribution < 1.29 is 4.79 Å². The molecule has 0 aliphatic heterocycles. The molecule has 1 aromatic heterocycles. The van der Waals surface area contributed by atoms with Gasteiger partial charge in [0.05, 0.1) is 10.2 Å². The Balaban J connectivity index is 2.07. The number of H-pyrrole nitrogens is 1. The van der Waals surface area contributed by atoms with Crippen LogP contribution in [0.4, 0.5) is 0 Å². The van der Waals surface area contributed by atoms with Crippen molar-refractivity contribution in [2.75, 3.05) is 7.05 Å². The van der Waals surface area contributed by atoms with Crippen LogP contribution in [-0.4, -0.2) is 34.1 Å². The van der Waals surface area contributed by atoms with Crippen molar-refractivity contribution in [3.05, 3.63) is 51.3 Å². The van der Waals surface area contributed by atoms with Crippen LogP contribution in [0.25, 0.3) is 0 Å². The summed E-state index contributed by atoms with van der Waals surface area (Å²) in [5.74, 6) is 0.0952. The van der Waals surface area contributed by atoms with Gasteiger partial charge in [0.25, 0.3) is 5.91 Å². The Hall–Kier alpha value is -1.66. The standard InChI is InChI=1S/C19H27BrN4O/c1-12(2)17-16(20)18(23-22-17)19(25)21-10-14-8-6-7-9-15(14)11-24(5)13(3)4/h6-9,12-13H,10-11H2,1-5H3,(H,21,25)(H,22,23). The van der Waals surface area contributed by atoms with Crippen molar-refractivity contribution >= 4 is 21.8 Å². The topological polar surface area (TPSA) is 61.0 Å². The number of rotatable bonds is 7. The van der Waals surface area contributed by atoms with Crippen LogP contribution in [0.1, 0.15) is 60.9 Å². The molecule has 0 saturated carbocycles. The second-order valence-corrected chi connectivity index (χ2v) is 7.71. The van der Waals surface area contributed by atoms with E-state index in [4.69, 9.17) is 0 Å². The maximum absolute atomic E-state index is 12.5. The largest absolute Gasteiger partial charge is 0.347 e. The average molecular weight is 407 g/mol. The minimum atomic E-state index is -0.179. The fraction of sp³-hybridized carbons (Fsp3) is 0.474. The molecule has 2 aromatic rings. The van der Waals surface area contributed by atoms with Crippen molar-refractivity contribution in [1.29, 1.82) is 0 Å². The zero-order valence-corrected chi connectivity index (χ0v) is 17.1. The molecule has 25 heavy (non-hydrogen) atoms. The van der Waals surface area contributed by atoms with Crippen molar-refractivity contribution in [1.82, 2.24) is 20.4 Å². The Kier molecular flexibility index (Phi) is 6.79. The van der Waals surface area contributed by atoms with Crippen molar-refractivity contribution in [2.24, 2.45) is 0 Å². The monoisotopic (exact) mass is 406 g/mol. The molecule has 1 aromatic carbocycles. The van der Waals surface area contributed by atoms with Crippen LogP contribution in [-0.2, 0) is 13.1 Å². The smallest absolute Gasteiger partial charge is 0.273 e. The number of aromatic nitrogens is 2. The van der Waals surface area contributed by atoms with Gasteiger partial charge in [-0.2, -0.15) is 5.10 Å². The SMILES string of the molecule is CC(C)c1[nH]nc(C(=O)NCc2ccccc2CN(C)C(C)C)c1Br. The number of carbonyl (C=O) groups is 1. The van der Waals surface area contributed by atoms with Crippen molar-refractivity contribution in [3.8, 4) is 0 Å². The summed E-state index contributed by atoms with van der Waals surface area (Å²) in [5.41, 5.74) is 3.69. The van der Waals surface area contributed by atoms with Crippen LogP contribution in [0.3, 0.4) is 0 Å². The number of nitrogens with one attached hydrogen (secondary N) is 2. The van der Waals surface area contributed by atoms with Gasteiger partial charge in [0, 0.05) is 19.1 Å². The molecule has 0 aliphatic rings. The quantitative estimate of drug-likeness (QED) is 0.728. The molecule has 1 amide bonds. The van der Waals surface area contributed by atoms with Gasteiger partial charge in [-0.1, -0.05) is 38.1 Å². The Morgan fingerprint density at radius 3 is 2.44 bits per heavy atom. The number of nitrogens with zero attached hydrogens (tertiary/aromatic N) is 2. The Labute approximate surface area is 158 Å². The second kappa shape index (κ2) is 8.63. The molecule has 0 atom stereocenters. The van der Waals surface area contributed by atoms with E-state index in [1.807, 2.05) is 12.1 Å². The first-order valence-electron chi connectivity index (χ1n) is 8.60. The lowest BCUT2D eigenvalue weighted by molar-refractivity contribution is 0.0945. The Morgan fingerprint density at radius 2 is 1.88 bits per heavy atom. The van der Waals surface area contributed by atoms with E-state index in [1.54, 1.807) is 0 Å². The highest BCUT2D eigenvalue weighted by Crippen LogP contribution is 2.25. The summed E-state index contributed by atoms with van der Waals surface area (Å²) in [5, 5.41) is 10.1. The van der Waals surface area contributed by atoms with E-state index >= 15 is 0 Å². The van der Waals surface area contributed by atoms with Gasteiger partial charge < -0.3 is 5.32 Å². The molecule has 2 rings (SSSR count). The van der Waals surface area contributed by atoms with Gasteiger partial charge in [0.15, 0.2) is 5.69 Å². The number of halogens is 1. The molecule has 6 heteroatoms. The van der Waals surface area contributed by atoms with E-state index in [-0.39, 0.29) is 11.8 Å². The predicted octanol–water partition coefficient (Wildman–Crippen LogP) is 4.07. The maximum atomic E-state index is 12.5. The first kappa shape index (κ1) is 19.7. The fourth-order valence-electron chi connectivity index (χ4n) is 2.47. The minimum absolute atomic E-state index is 0.179. The number of amides is 1. The van der Waals surface area contributed by atoms with Gasteiger partial charge >= 0.3 is 0 Å². The van der Waals surface area contributed by atoms with E-state index in [0.717, 1.165) is 22.3 Å². The normalized spacial score (nSPS) is 11.6. The summed E-state index contributed by atoms with van der Waals surface area (Å²) in [7, 11) is 2.11. The second-order valence-electron chi connectivity index (χ2n) is 6.91. The molecule has 0 bridgehead atoms. The summed E-state index contributed by atoms with van der Waals surface area (Å²) in [6.07, 6.45) is 0. The van der Waals surface area contributed by atoms with Gasteiger partial charge in [0.2, 0.25) is 0 Å². The van der Waals surface area contributed by atoms with Crippen molar-refractivity contribution in [3.63, 3.8) is 0 Å². The van der Waals surface area contributed by atoms with E-state index < -0.39 is 0 Å². The van der Waals surface area contributed by atoms with Crippen molar-refractivity contribution in [2.45, 2.75) is 52.7 Å². The van der Waals surface area contributed by atoms with Crippen LogP contribution in [0, 0.1) is 0 Å². The predicted molar refractivity (Wildman–Crippen MR) is 105 cm³/mol. The highest BCUT2D eigenvalue weighted by atomic mass is 79.9. The zero-order valence-electron chi connectivity index (χ0n) is 15.6.